The van der Waals surface area contributed by atoms with E-state index in [9.17, 15) is 0 Å². The maximum Gasteiger partial charge on any atom is 0.0637 e. The minimum atomic E-state index is 1.14. The Morgan fingerprint density at radius 3 is 1.96 bits per heavy atom. The molecule has 7 aromatic carbocycles. The molecular formula is C49H34N2S. The number of hydrogen-bond donors (Lipinski definition) is 0. The molecule has 10 rings (SSSR count). The first kappa shape index (κ1) is 30.4. The van der Waals surface area contributed by atoms with Gasteiger partial charge in [0.15, 0.2) is 0 Å². The Morgan fingerprint density at radius 2 is 1.13 bits per heavy atom. The van der Waals surface area contributed by atoms with E-state index >= 15 is 0 Å². The molecule has 0 unspecified atom stereocenters. The monoisotopic (exact) mass is 682 g/mol. The lowest BCUT2D eigenvalue weighted by Crippen LogP contribution is -1.97. The molecule has 0 amide bonds. The van der Waals surface area contributed by atoms with Gasteiger partial charge in [0.25, 0.3) is 0 Å². The van der Waals surface area contributed by atoms with Gasteiger partial charge >= 0.3 is 0 Å². The van der Waals surface area contributed by atoms with Crippen molar-refractivity contribution in [1.82, 2.24) is 9.13 Å². The second kappa shape index (κ2) is 12.1. The fourth-order valence-electron chi connectivity index (χ4n) is 8.08. The van der Waals surface area contributed by atoms with Gasteiger partial charge in [0, 0.05) is 48.6 Å². The summed E-state index contributed by atoms with van der Waals surface area (Å²) in [4.78, 5) is 0. The first-order chi connectivity index (χ1) is 25.7. The number of thiophene rings is 1. The Kier molecular flexibility index (Phi) is 7.09. The highest BCUT2D eigenvalue weighted by Gasteiger charge is 2.21. The van der Waals surface area contributed by atoms with Crippen molar-refractivity contribution in [3.05, 3.63) is 188 Å². The van der Waals surface area contributed by atoms with Crippen molar-refractivity contribution in [3.63, 3.8) is 0 Å². The van der Waals surface area contributed by atoms with Gasteiger partial charge < -0.3 is 9.13 Å². The Labute approximate surface area is 306 Å². The van der Waals surface area contributed by atoms with E-state index in [1.54, 1.807) is 0 Å². The number of hydrogen-bond acceptors (Lipinski definition) is 1. The summed E-state index contributed by atoms with van der Waals surface area (Å²) in [7, 11) is 0. The second-order valence-electron chi connectivity index (χ2n) is 13.4. The molecule has 0 radical (unpaired) electrons. The van der Waals surface area contributed by atoms with Crippen molar-refractivity contribution in [1.29, 1.82) is 0 Å². The molecule has 0 saturated heterocycles. The van der Waals surface area contributed by atoms with Crippen LogP contribution in [0.3, 0.4) is 0 Å². The predicted molar refractivity (Wildman–Crippen MR) is 225 cm³/mol. The maximum atomic E-state index is 4.01. The molecule has 0 N–H and O–H groups in total. The third-order valence-electron chi connectivity index (χ3n) is 10.5. The van der Waals surface area contributed by atoms with E-state index in [4.69, 9.17) is 0 Å². The Bertz CT molecular complexity index is 3020. The zero-order valence-electron chi connectivity index (χ0n) is 28.8. The quantitative estimate of drug-likeness (QED) is 0.155. The third-order valence-corrected chi connectivity index (χ3v) is 11.7. The second-order valence-corrected chi connectivity index (χ2v) is 14.5. The molecule has 0 bridgehead atoms. The highest BCUT2D eigenvalue weighted by molar-refractivity contribution is 7.26. The van der Waals surface area contributed by atoms with Crippen molar-refractivity contribution < 1.29 is 0 Å². The van der Waals surface area contributed by atoms with Gasteiger partial charge in [0.1, 0.15) is 0 Å². The van der Waals surface area contributed by atoms with Gasteiger partial charge in [0.05, 0.1) is 26.9 Å². The Hall–Kier alpha value is -6.42. The number of benzene rings is 7. The molecule has 0 fully saturated rings. The lowest BCUT2D eigenvalue weighted by atomic mass is 10.00. The van der Waals surface area contributed by atoms with Gasteiger partial charge in [0.2, 0.25) is 0 Å². The first-order valence-corrected chi connectivity index (χ1v) is 18.5. The van der Waals surface area contributed by atoms with Crippen LogP contribution >= 0.6 is 11.3 Å². The van der Waals surface area contributed by atoms with Crippen molar-refractivity contribution in [2.75, 3.05) is 0 Å². The number of nitrogens with zero attached hydrogens (tertiary/aromatic N) is 2. The van der Waals surface area contributed by atoms with Gasteiger partial charge in [-0.15, -0.1) is 11.3 Å². The summed E-state index contributed by atoms with van der Waals surface area (Å²) in [6.07, 6.45) is 6.13. The highest BCUT2D eigenvalue weighted by Crippen LogP contribution is 2.43. The molecule has 0 aliphatic carbocycles. The largest absolute Gasteiger partial charge is 0.312 e. The molecule has 0 atom stereocenters. The maximum absolute atomic E-state index is 4.01. The molecular weight excluding hydrogens is 649 g/mol. The summed E-state index contributed by atoms with van der Waals surface area (Å²) in [5.74, 6) is 0. The zero-order chi connectivity index (χ0) is 34.8. The van der Waals surface area contributed by atoms with E-state index in [-0.39, 0.29) is 0 Å². The SMILES string of the molecule is C=C/C=C\c1c(C)n(-c2cccc3c2sc2ccccc23)c2cc3c4ccccc4n(-c4cccc(-c5ccc(-c6ccccc6)cc5)c4)c3cc12. The van der Waals surface area contributed by atoms with Crippen molar-refractivity contribution >= 4 is 70.3 Å². The van der Waals surface area contributed by atoms with Gasteiger partial charge in [-0.1, -0.05) is 140 Å². The van der Waals surface area contributed by atoms with E-state index in [1.165, 1.54) is 92.1 Å². The summed E-state index contributed by atoms with van der Waals surface area (Å²) in [6, 6.07) is 57.5. The number of fused-ring (bicyclic) bond motifs is 7. The average molecular weight is 683 g/mol. The number of allylic oxidation sites excluding steroid dienone is 2. The Balaban J connectivity index is 1.20. The van der Waals surface area contributed by atoms with Crippen molar-refractivity contribution in [3.8, 4) is 33.6 Å². The van der Waals surface area contributed by atoms with Crippen LogP contribution in [0.2, 0.25) is 0 Å². The lowest BCUT2D eigenvalue weighted by Gasteiger charge is -2.12. The third kappa shape index (κ3) is 4.71. The van der Waals surface area contributed by atoms with E-state index < -0.39 is 0 Å². The van der Waals surface area contributed by atoms with Gasteiger partial charge in [-0.3, -0.25) is 0 Å². The molecule has 3 aromatic heterocycles. The van der Waals surface area contributed by atoms with Gasteiger partial charge in [-0.05, 0) is 71.6 Å². The van der Waals surface area contributed by atoms with Crippen molar-refractivity contribution in [2.24, 2.45) is 0 Å². The molecule has 3 heteroatoms. The van der Waals surface area contributed by atoms with Crippen LogP contribution in [-0.4, -0.2) is 9.13 Å². The number of para-hydroxylation sites is 1. The molecule has 0 saturated carbocycles. The molecule has 246 valence electrons. The van der Waals surface area contributed by atoms with Crippen molar-refractivity contribution in [2.45, 2.75) is 6.92 Å². The zero-order valence-corrected chi connectivity index (χ0v) is 29.6. The van der Waals surface area contributed by atoms with Crippen LogP contribution in [0.15, 0.2) is 176 Å². The average Bonchev–Trinajstić information content (AvgIpc) is 3.83. The summed E-state index contributed by atoms with van der Waals surface area (Å²) >= 11 is 1.87. The molecule has 2 nitrogen and oxygen atoms in total. The minimum absolute atomic E-state index is 1.14. The topological polar surface area (TPSA) is 9.86 Å². The van der Waals surface area contributed by atoms with Crippen LogP contribution < -0.4 is 0 Å². The van der Waals surface area contributed by atoms with Gasteiger partial charge in [-0.25, -0.2) is 0 Å². The molecule has 3 heterocycles. The highest BCUT2D eigenvalue weighted by atomic mass is 32.1. The summed E-state index contributed by atoms with van der Waals surface area (Å²) < 4.78 is 7.53. The van der Waals surface area contributed by atoms with Crippen LogP contribution in [0.25, 0.3) is 92.6 Å². The van der Waals surface area contributed by atoms with Crippen LogP contribution in [0.4, 0.5) is 0 Å². The summed E-state index contributed by atoms with van der Waals surface area (Å²) in [6.45, 7) is 6.25. The van der Waals surface area contributed by atoms with Crippen LogP contribution in [0.5, 0.6) is 0 Å². The molecule has 0 aliphatic rings. The fraction of sp³-hybridized carbons (Fsp3) is 0.0204. The first-order valence-electron chi connectivity index (χ1n) is 17.7. The summed E-state index contributed by atoms with van der Waals surface area (Å²) in [5, 5.41) is 6.31. The van der Waals surface area contributed by atoms with Crippen LogP contribution in [-0.2, 0) is 0 Å². The standard InChI is InChI=1S/C49H34N2S/c1-3-4-18-38-32(2)50(45-23-13-21-41-40-20-9-11-24-48(40)52-49(41)45)46-31-43-39-19-8-10-22-44(39)51(47(43)30-42(38)46)37-17-12-16-36(29-37)35-27-25-34(26-28-35)33-14-6-5-7-15-33/h3-31H,1H2,2H3/b18-4-. The van der Waals surface area contributed by atoms with E-state index in [2.05, 4.69) is 193 Å². The van der Waals surface area contributed by atoms with Crippen LogP contribution in [0, 0.1) is 6.92 Å². The van der Waals surface area contributed by atoms with Gasteiger partial charge in [-0.2, -0.15) is 0 Å². The van der Waals surface area contributed by atoms with E-state index in [1.807, 2.05) is 17.4 Å². The smallest absolute Gasteiger partial charge is 0.0637 e. The molecule has 0 aliphatic heterocycles. The molecule has 10 aromatic rings. The van der Waals surface area contributed by atoms with Crippen LogP contribution in [0.1, 0.15) is 11.3 Å². The molecule has 52 heavy (non-hydrogen) atoms. The van der Waals surface area contributed by atoms with E-state index in [0.29, 0.717) is 0 Å². The molecule has 0 spiro atoms. The summed E-state index contributed by atoms with van der Waals surface area (Å²) in [5.41, 5.74) is 13.2. The fourth-order valence-corrected chi connectivity index (χ4v) is 9.29. The predicted octanol–water partition coefficient (Wildman–Crippen LogP) is 13.9. The lowest BCUT2D eigenvalue weighted by molar-refractivity contribution is 1.06. The Morgan fingerprint density at radius 1 is 0.500 bits per heavy atom. The number of aromatic nitrogens is 2. The normalized spacial score (nSPS) is 11.9. The number of rotatable bonds is 6. The minimum Gasteiger partial charge on any atom is -0.312 e. The van der Waals surface area contributed by atoms with E-state index in [0.717, 1.165) is 5.69 Å².